The molecule has 0 spiro atoms. The molecule has 154 valence electrons. The second-order valence-corrected chi connectivity index (χ2v) is 8.27. The molecule has 2 unspecified atom stereocenters. The third-order valence-electron chi connectivity index (χ3n) is 5.35. The number of carbonyl (C=O) groups is 1. The molecule has 2 aromatic rings. The topological polar surface area (TPSA) is 64.6 Å². The molecule has 0 saturated carbocycles. The lowest BCUT2D eigenvalue weighted by atomic mass is 9.96. The van der Waals surface area contributed by atoms with Crippen LogP contribution in [0.4, 0.5) is 0 Å². The van der Waals surface area contributed by atoms with Crippen molar-refractivity contribution in [2.75, 3.05) is 19.7 Å². The third-order valence-corrected chi connectivity index (χ3v) is 5.60. The summed E-state index contributed by atoms with van der Waals surface area (Å²) in [4.78, 5) is 23.9. The molecule has 1 aromatic carbocycles. The van der Waals surface area contributed by atoms with Gasteiger partial charge >= 0.3 is 0 Å². The summed E-state index contributed by atoms with van der Waals surface area (Å²) in [6.07, 6.45) is 4.04. The van der Waals surface area contributed by atoms with E-state index in [-0.39, 0.29) is 24.7 Å². The summed E-state index contributed by atoms with van der Waals surface area (Å²) in [5, 5.41) is 0.669. The maximum Gasteiger partial charge on any atom is 0.260 e. The smallest absolute Gasteiger partial charge is 0.260 e. The van der Waals surface area contributed by atoms with Crippen LogP contribution >= 0.6 is 11.6 Å². The molecule has 0 radical (unpaired) electrons. The molecule has 0 bridgehead atoms. The van der Waals surface area contributed by atoms with Gasteiger partial charge in [-0.15, -0.1) is 0 Å². The molecule has 1 saturated heterocycles. The van der Waals surface area contributed by atoms with Gasteiger partial charge in [-0.05, 0) is 63.8 Å². The summed E-state index contributed by atoms with van der Waals surface area (Å²) in [7, 11) is 0. The molecule has 4 rings (SSSR count). The van der Waals surface area contributed by atoms with Crippen molar-refractivity contribution in [2.45, 2.75) is 51.7 Å². The van der Waals surface area contributed by atoms with Gasteiger partial charge in [0.15, 0.2) is 12.4 Å². The number of nitrogens with zero attached hydrogens (tertiary/aromatic N) is 3. The average molecular weight is 416 g/mol. The van der Waals surface area contributed by atoms with Gasteiger partial charge in [-0.1, -0.05) is 11.6 Å². The van der Waals surface area contributed by atoms with E-state index in [2.05, 4.69) is 4.98 Å². The summed E-state index contributed by atoms with van der Waals surface area (Å²) >= 11 is 6.01. The number of aromatic nitrogens is 2. The van der Waals surface area contributed by atoms with Crippen LogP contribution in [0, 0.1) is 0 Å². The number of benzene rings is 1. The number of rotatable bonds is 4. The zero-order valence-corrected chi connectivity index (χ0v) is 17.6. The molecule has 6 nitrogen and oxygen atoms in total. The highest BCUT2D eigenvalue weighted by molar-refractivity contribution is 6.30. The Morgan fingerprint density at radius 2 is 1.83 bits per heavy atom. The zero-order valence-electron chi connectivity index (χ0n) is 16.9. The molecule has 0 N–H and O–H groups in total. The summed E-state index contributed by atoms with van der Waals surface area (Å²) in [5.41, 5.74) is 2.94. The van der Waals surface area contributed by atoms with Gasteiger partial charge in [-0.25, -0.2) is 4.98 Å². The Morgan fingerprint density at radius 3 is 2.55 bits per heavy atom. The van der Waals surface area contributed by atoms with E-state index in [0.717, 1.165) is 42.5 Å². The summed E-state index contributed by atoms with van der Waals surface area (Å²) in [6.45, 7) is 5.11. The molecular formula is C22H26ClN3O3. The molecule has 1 aliphatic heterocycles. The highest BCUT2D eigenvalue weighted by Gasteiger charge is 2.27. The standard InChI is InChI=1S/C22H26ClN3O3/c1-14-11-26(12-15(2)29-14)20(27)13-28-22-18-5-3-4-6-19(18)24-21(25-22)16-7-9-17(23)10-8-16/h7-10,14-15H,3-6,11-13H2,1-2H3. The van der Waals surface area contributed by atoms with Crippen LogP contribution in [0.1, 0.15) is 37.9 Å². The van der Waals surface area contributed by atoms with Crippen molar-refractivity contribution in [3.05, 3.63) is 40.5 Å². The number of carbonyl (C=O) groups excluding carboxylic acids is 1. The molecule has 2 aliphatic rings. The minimum absolute atomic E-state index is 0.0249. The van der Waals surface area contributed by atoms with Crippen LogP contribution < -0.4 is 4.74 Å². The molecule has 29 heavy (non-hydrogen) atoms. The Kier molecular flexibility index (Phi) is 6.01. The molecule has 2 heterocycles. The van der Waals surface area contributed by atoms with Crippen molar-refractivity contribution in [1.82, 2.24) is 14.9 Å². The zero-order chi connectivity index (χ0) is 20.4. The number of amides is 1. The number of aryl methyl sites for hydroxylation is 1. The van der Waals surface area contributed by atoms with E-state index in [4.69, 9.17) is 26.1 Å². The summed E-state index contributed by atoms with van der Waals surface area (Å²) in [5.74, 6) is 1.10. The highest BCUT2D eigenvalue weighted by atomic mass is 35.5. The fourth-order valence-electron chi connectivity index (χ4n) is 4.01. The third kappa shape index (κ3) is 4.70. The first kappa shape index (κ1) is 20.1. The van der Waals surface area contributed by atoms with Crippen LogP contribution in [0.3, 0.4) is 0 Å². The van der Waals surface area contributed by atoms with Crippen LogP contribution in [0.25, 0.3) is 11.4 Å². The average Bonchev–Trinajstić information content (AvgIpc) is 2.71. The van der Waals surface area contributed by atoms with Crippen LogP contribution in [-0.2, 0) is 22.4 Å². The monoisotopic (exact) mass is 415 g/mol. The van der Waals surface area contributed by atoms with Crippen LogP contribution in [0.15, 0.2) is 24.3 Å². The second-order valence-electron chi connectivity index (χ2n) is 7.84. The summed E-state index contributed by atoms with van der Waals surface area (Å²) < 4.78 is 11.7. The fourth-order valence-corrected chi connectivity index (χ4v) is 4.14. The molecule has 1 aliphatic carbocycles. The van der Waals surface area contributed by atoms with Gasteiger partial charge in [-0.2, -0.15) is 4.98 Å². The first-order valence-electron chi connectivity index (χ1n) is 10.2. The van der Waals surface area contributed by atoms with Crippen LogP contribution in [0.5, 0.6) is 5.88 Å². The SMILES string of the molecule is CC1CN(C(=O)COc2nc(-c3ccc(Cl)cc3)nc3c2CCCC3)CC(C)O1. The van der Waals surface area contributed by atoms with E-state index in [9.17, 15) is 4.79 Å². The van der Waals surface area contributed by atoms with Crippen molar-refractivity contribution in [3.8, 4) is 17.3 Å². The van der Waals surface area contributed by atoms with Gasteiger partial charge < -0.3 is 14.4 Å². The Labute approximate surface area is 176 Å². The number of fused-ring (bicyclic) bond motifs is 1. The van der Waals surface area contributed by atoms with E-state index < -0.39 is 0 Å². The Balaban J connectivity index is 1.55. The molecule has 1 aromatic heterocycles. The normalized spacial score (nSPS) is 21.6. The van der Waals surface area contributed by atoms with E-state index in [1.807, 2.05) is 43.0 Å². The molecule has 2 atom stereocenters. The predicted octanol–water partition coefficient (Wildman–Crippen LogP) is 3.69. The van der Waals surface area contributed by atoms with Crippen LogP contribution in [-0.4, -0.2) is 52.7 Å². The van der Waals surface area contributed by atoms with Crippen molar-refractivity contribution < 1.29 is 14.3 Å². The minimum Gasteiger partial charge on any atom is -0.467 e. The maximum atomic E-state index is 12.7. The largest absolute Gasteiger partial charge is 0.467 e. The number of hydrogen-bond acceptors (Lipinski definition) is 5. The number of morpholine rings is 1. The van der Waals surface area contributed by atoms with Gasteiger partial charge in [0.2, 0.25) is 5.88 Å². The predicted molar refractivity (Wildman–Crippen MR) is 111 cm³/mol. The van der Waals surface area contributed by atoms with Gasteiger partial charge in [-0.3, -0.25) is 4.79 Å². The second kappa shape index (κ2) is 8.67. The van der Waals surface area contributed by atoms with Gasteiger partial charge in [0.1, 0.15) is 0 Å². The Hall–Kier alpha value is -2.18. The lowest BCUT2D eigenvalue weighted by Crippen LogP contribution is -2.49. The fraction of sp³-hybridized carbons (Fsp3) is 0.500. The van der Waals surface area contributed by atoms with E-state index >= 15 is 0 Å². The first-order chi connectivity index (χ1) is 14.0. The quantitative estimate of drug-likeness (QED) is 0.761. The minimum atomic E-state index is -0.0387. The van der Waals surface area contributed by atoms with Gasteiger partial charge in [0, 0.05) is 29.2 Å². The molecule has 1 amide bonds. The lowest BCUT2D eigenvalue weighted by molar-refractivity contribution is -0.145. The van der Waals surface area contributed by atoms with E-state index in [1.54, 1.807) is 0 Å². The highest BCUT2D eigenvalue weighted by Crippen LogP contribution is 2.30. The van der Waals surface area contributed by atoms with Crippen molar-refractivity contribution in [3.63, 3.8) is 0 Å². The van der Waals surface area contributed by atoms with Gasteiger partial charge in [0.25, 0.3) is 5.91 Å². The first-order valence-corrected chi connectivity index (χ1v) is 10.6. The molecular weight excluding hydrogens is 390 g/mol. The lowest BCUT2D eigenvalue weighted by Gasteiger charge is -2.35. The van der Waals surface area contributed by atoms with E-state index in [0.29, 0.717) is 29.8 Å². The van der Waals surface area contributed by atoms with Crippen LogP contribution in [0.2, 0.25) is 5.02 Å². The Morgan fingerprint density at radius 1 is 1.14 bits per heavy atom. The van der Waals surface area contributed by atoms with Crippen molar-refractivity contribution >= 4 is 17.5 Å². The van der Waals surface area contributed by atoms with Gasteiger partial charge in [0.05, 0.1) is 17.9 Å². The van der Waals surface area contributed by atoms with E-state index in [1.165, 1.54) is 0 Å². The number of halogens is 1. The number of hydrogen-bond donors (Lipinski definition) is 0. The maximum absolute atomic E-state index is 12.7. The number of ether oxygens (including phenoxy) is 2. The van der Waals surface area contributed by atoms with Crippen molar-refractivity contribution in [1.29, 1.82) is 0 Å². The molecule has 7 heteroatoms. The molecule has 1 fully saturated rings. The van der Waals surface area contributed by atoms with Crippen molar-refractivity contribution in [2.24, 2.45) is 0 Å². The summed E-state index contributed by atoms with van der Waals surface area (Å²) in [6, 6.07) is 7.45. The Bertz CT molecular complexity index is 878.